The van der Waals surface area contributed by atoms with Crippen molar-refractivity contribution in [2.24, 2.45) is 0 Å². The molecule has 0 atom stereocenters. The topological polar surface area (TPSA) is 43.4 Å². The third-order valence-corrected chi connectivity index (χ3v) is 16.9. The number of ether oxygens (including phenoxy) is 1. The predicted octanol–water partition coefficient (Wildman–Crippen LogP) is 21.1. The van der Waals surface area contributed by atoms with Crippen molar-refractivity contribution in [2.75, 3.05) is 6.61 Å². The van der Waals surface area contributed by atoms with Gasteiger partial charge in [-0.05, 0) is 86.9 Å². The van der Waals surface area contributed by atoms with Crippen LogP contribution < -0.4 is 4.74 Å². The van der Waals surface area contributed by atoms with Gasteiger partial charge in [-0.25, -0.2) is 8.42 Å². The second-order valence-corrected chi connectivity index (χ2v) is 23.0. The summed E-state index contributed by atoms with van der Waals surface area (Å²) in [5.74, 6) is 0.783. The number of rotatable bonds is 47. The molecule has 0 saturated heterocycles. The molecule has 0 heterocycles. The zero-order valence-electron chi connectivity index (χ0n) is 45.1. The van der Waals surface area contributed by atoms with Gasteiger partial charge in [0.05, 0.1) is 16.4 Å². The Bertz CT molecular complexity index is 1500. The highest BCUT2D eigenvalue weighted by Gasteiger charge is 2.27. The van der Waals surface area contributed by atoms with Gasteiger partial charge in [0.2, 0.25) is 9.84 Å². The average molecular weight is 936 g/mol. The molecule has 0 spiro atoms. The largest absolute Gasteiger partial charge is 0.494 e. The summed E-state index contributed by atoms with van der Waals surface area (Å²) in [4.78, 5) is 0.914. The van der Waals surface area contributed by atoms with Gasteiger partial charge in [-0.15, -0.1) is 0 Å². The standard InChI is InChI=1S/C62H110O3S/c1-7-9-11-13-15-17-19-21-23-25-27-29-31-33-35-37-39-41-43-45-47-49-59-51-55(3)61(56(4)52-59)66(63,64)62-57(5)53-60(54-58(62)6)65-50-48-46-44-42-40-38-36-34-32-30-28-26-24-22-20-18-16-14-12-10-8-2/h51-54H,7-50H2,1-6H3. The smallest absolute Gasteiger partial charge is 0.207 e. The van der Waals surface area contributed by atoms with E-state index in [0.717, 1.165) is 40.8 Å². The van der Waals surface area contributed by atoms with Gasteiger partial charge in [-0.3, -0.25) is 0 Å². The first kappa shape index (κ1) is 60.3. The minimum Gasteiger partial charge on any atom is -0.494 e. The summed E-state index contributed by atoms with van der Waals surface area (Å²) >= 11 is 0. The highest BCUT2D eigenvalue weighted by molar-refractivity contribution is 7.91. The van der Waals surface area contributed by atoms with Crippen LogP contribution in [-0.2, 0) is 16.3 Å². The van der Waals surface area contributed by atoms with Gasteiger partial charge in [0.25, 0.3) is 0 Å². The molecule has 0 fully saturated rings. The number of sulfone groups is 1. The van der Waals surface area contributed by atoms with Crippen LogP contribution in [0.3, 0.4) is 0 Å². The molecular weight excluding hydrogens is 825 g/mol. The van der Waals surface area contributed by atoms with Gasteiger partial charge < -0.3 is 4.74 Å². The van der Waals surface area contributed by atoms with Gasteiger partial charge in [0.15, 0.2) is 0 Å². The minimum absolute atomic E-state index is 0.437. The van der Waals surface area contributed by atoms with Gasteiger partial charge in [-0.1, -0.05) is 283 Å². The monoisotopic (exact) mass is 935 g/mol. The molecule has 0 unspecified atom stereocenters. The van der Waals surface area contributed by atoms with Crippen LogP contribution in [0, 0.1) is 27.7 Å². The lowest BCUT2D eigenvalue weighted by molar-refractivity contribution is 0.303. The zero-order valence-corrected chi connectivity index (χ0v) is 45.9. The van der Waals surface area contributed by atoms with E-state index in [4.69, 9.17) is 4.74 Å². The molecule has 0 N–H and O–H groups in total. The Morgan fingerprint density at radius 3 is 0.818 bits per heavy atom. The molecular formula is C62H110O3S. The molecule has 0 amide bonds. The summed E-state index contributed by atoms with van der Waals surface area (Å²) in [6, 6.07) is 8.10. The number of hydrogen-bond acceptors (Lipinski definition) is 3. The first-order valence-electron chi connectivity index (χ1n) is 29.3. The molecule has 0 aromatic heterocycles. The van der Waals surface area contributed by atoms with Crippen LogP contribution in [0.15, 0.2) is 34.1 Å². The third-order valence-electron chi connectivity index (χ3n) is 14.6. The van der Waals surface area contributed by atoms with Crippen LogP contribution in [0.2, 0.25) is 0 Å². The van der Waals surface area contributed by atoms with Crippen molar-refractivity contribution in [3.63, 3.8) is 0 Å². The van der Waals surface area contributed by atoms with E-state index in [1.165, 1.54) is 269 Å². The van der Waals surface area contributed by atoms with Gasteiger partial charge in [-0.2, -0.15) is 0 Å². The van der Waals surface area contributed by atoms with Crippen LogP contribution in [0.4, 0.5) is 0 Å². The van der Waals surface area contributed by atoms with Gasteiger partial charge >= 0.3 is 0 Å². The summed E-state index contributed by atoms with van der Waals surface area (Å²) in [5, 5.41) is 0. The highest BCUT2D eigenvalue weighted by Crippen LogP contribution is 2.34. The molecule has 0 bridgehead atoms. The average Bonchev–Trinajstić information content (AvgIpc) is 3.28. The maximum absolute atomic E-state index is 14.2. The van der Waals surface area contributed by atoms with Crippen molar-refractivity contribution in [2.45, 2.75) is 327 Å². The lowest BCUT2D eigenvalue weighted by Crippen LogP contribution is -2.11. The van der Waals surface area contributed by atoms with E-state index < -0.39 is 9.84 Å². The van der Waals surface area contributed by atoms with Crippen LogP contribution in [0.1, 0.15) is 311 Å². The van der Waals surface area contributed by atoms with Crippen molar-refractivity contribution >= 4 is 9.84 Å². The van der Waals surface area contributed by atoms with Crippen molar-refractivity contribution in [1.29, 1.82) is 0 Å². The molecule has 0 aliphatic heterocycles. The van der Waals surface area contributed by atoms with Gasteiger partial charge in [0, 0.05) is 0 Å². The fourth-order valence-corrected chi connectivity index (χ4v) is 12.7. The van der Waals surface area contributed by atoms with Crippen molar-refractivity contribution in [3.8, 4) is 5.75 Å². The first-order valence-corrected chi connectivity index (χ1v) is 30.8. The second kappa shape index (κ2) is 41.0. The van der Waals surface area contributed by atoms with Crippen LogP contribution in [-0.4, -0.2) is 15.0 Å². The number of benzene rings is 2. The predicted molar refractivity (Wildman–Crippen MR) is 292 cm³/mol. The van der Waals surface area contributed by atoms with Crippen molar-refractivity contribution in [1.82, 2.24) is 0 Å². The normalized spacial score (nSPS) is 11.8. The van der Waals surface area contributed by atoms with Crippen LogP contribution >= 0.6 is 0 Å². The molecule has 2 aromatic rings. The number of unbranched alkanes of at least 4 members (excludes halogenated alkanes) is 40. The van der Waals surface area contributed by atoms with Crippen LogP contribution in [0.25, 0.3) is 0 Å². The Labute approximate surface area is 412 Å². The second-order valence-electron chi connectivity index (χ2n) is 21.2. The quantitative estimate of drug-likeness (QED) is 0.0621. The van der Waals surface area contributed by atoms with Crippen LogP contribution in [0.5, 0.6) is 5.75 Å². The molecule has 2 rings (SSSR count). The van der Waals surface area contributed by atoms with E-state index >= 15 is 0 Å². The van der Waals surface area contributed by atoms with E-state index in [-0.39, 0.29) is 0 Å². The Morgan fingerprint density at radius 1 is 0.318 bits per heavy atom. The Balaban J connectivity index is 1.53. The minimum atomic E-state index is -3.66. The van der Waals surface area contributed by atoms with E-state index in [9.17, 15) is 8.42 Å². The summed E-state index contributed by atoms with van der Waals surface area (Å²) in [5.41, 5.74) is 4.53. The fourth-order valence-electron chi connectivity index (χ4n) is 10.6. The number of hydrogen-bond donors (Lipinski definition) is 0. The third kappa shape index (κ3) is 29.3. The van der Waals surface area contributed by atoms with E-state index in [2.05, 4.69) is 26.0 Å². The lowest BCUT2D eigenvalue weighted by Gasteiger charge is -2.18. The summed E-state index contributed by atoms with van der Waals surface area (Å²) < 4.78 is 34.6. The maximum atomic E-state index is 14.2. The van der Waals surface area contributed by atoms with Gasteiger partial charge in [0.1, 0.15) is 5.75 Å². The molecule has 0 radical (unpaired) electrons. The fraction of sp³-hybridized carbons (Fsp3) is 0.806. The zero-order chi connectivity index (χ0) is 47.8. The van der Waals surface area contributed by atoms with Crippen molar-refractivity contribution in [3.05, 3.63) is 52.1 Å². The highest BCUT2D eigenvalue weighted by atomic mass is 32.2. The molecule has 2 aromatic carbocycles. The van der Waals surface area contributed by atoms with Crippen molar-refractivity contribution < 1.29 is 13.2 Å². The molecule has 0 aliphatic carbocycles. The summed E-state index contributed by atoms with van der Waals surface area (Å²) in [7, 11) is -3.66. The summed E-state index contributed by atoms with van der Waals surface area (Å²) in [6.45, 7) is 13.1. The Hall–Kier alpha value is -1.81. The SMILES string of the molecule is CCCCCCCCCCCCCCCCCCCCCCCOc1cc(C)c(S(=O)(=O)c2c(C)cc(CCCCCCCCCCCCCCCCCCCCCCC)cc2C)c(C)c1. The summed E-state index contributed by atoms with van der Waals surface area (Å²) in [6.07, 6.45) is 59.4. The van der Waals surface area contributed by atoms with E-state index in [0.29, 0.717) is 16.4 Å². The molecule has 3 nitrogen and oxygen atoms in total. The Morgan fingerprint density at radius 2 is 0.545 bits per heavy atom. The van der Waals surface area contributed by atoms with E-state index in [1.807, 2.05) is 39.8 Å². The van der Waals surface area contributed by atoms with E-state index in [1.54, 1.807) is 0 Å². The molecule has 382 valence electrons. The number of aryl methyl sites for hydroxylation is 5. The first-order chi connectivity index (χ1) is 32.2. The molecule has 0 saturated carbocycles. The molecule has 4 heteroatoms. The Kier molecular flexibility index (Phi) is 37.5. The molecule has 0 aliphatic rings. The molecule has 66 heavy (non-hydrogen) atoms. The lowest BCUT2D eigenvalue weighted by atomic mass is 10.0. The maximum Gasteiger partial charge on any atom is 0.207 e.